The molecule has 1 aromatic heterocycles. The lowest BCUT2D eigenvalue weighted by molar-refractivity contribution is 0.0940. The van der Waals surface area contributed by atoms with E-state index < -0.39 is 15.8 Å². The largest absolute Gasteiger partial charge is 0.349 e. The maximum absolute atomic E-state index is 13.7. The van der Waals surface area contributed by atoms with Crippen molar-refractivity contribution in [3.05, 3.63) is 76.9 Å². The van der Waals surface area contributed by atoms with Crippen LogP contribution in [-0.4, -0.2) is 30.1 Å². The van der Waals surface area contributed by atoms with E-state index in [1.54, 1.807) is 0 Å². The van der Waals surface area contributed by atoms with Gasteiger partial charge in [-0.15, -0.1) is 0 Å². The van der Waals surface area contributed by atoms with Crippen molar-refractivity contribution in [1.29, 1.82) is 0 Å². The summed E-state index contributed by atoms with van der Waals surface area (Å²) in [6.07, 6.45) is 0.635. The van der Waals surface area contributed by atoms with Crippen LogP contribution >= 0.6 is 0 Å². The molecule has 164 valence electrons. The van der Waals surface area contributed by atoms with E-state index in [4.69, 9.17) is 0 Å². The van der Waals surface area contributed by atoms with Crippen molar-refractivity contribution in [2.45, 2.75) is 38.1 Å². The predicted octanol–water partition coefficient (Wildman–Crippen LogP) is 3.34. The van der Waals surface area contributed by atoms with E-state index in [-0.39, 0.29) is 22.5 Å². The van der Waals surface area contributed by atoms with E-state index in [2.05, 4.69) is 15.1 Å². The highest BCUT2D eigenvalue weighted by atomic mass is 32.2. The van der Waals surface area contributed by atoms with Crippen LogP contribution in [-0.2, 0) is 23.5 Å². The highest BCUT2D eigenvalue weighted by Gasteiger charge is 2.18. The fourth-order valence-electron chi connectivity index (χ4n) is 3.31. The molecule has 0 aliphatic carbocycles. The summed E-state index contributed by atoms with van der Waals surface area (Å²) in [6.45, 7) is 5.82. The molecule has 1 unspecified atom stereocenters. The lowest BCUT2D eigenvalue weighted by Gasteiger charge is -2.15. The molecule has 31 heavy (non-hydrogen) atoms. The normalized spacial score (nSPS) is 12.4. The number of nitrogens with zero attached hydrogens (tertiary/aromatic N) is 2. The van der Waals surface area contributed by atoms with Gasteiger partial charge >= 0.3 is 0 Å². The zero-order valence-corrected chi connectivity index (χ0v) is 18.6. The summed E-state index contributed by atoms with van der Waals surface area (Å²) in [5.74, 6) is -0.979. The number of nitrogens with one attached hydrogen (secondary N) is 2. The summed E-state index contributed by atoms with van der Waals surface area (Å²) in [5.41, 5.74) is 3.26. The number of para-hydroxylation sites is 1. The fourth-order valence-corrected chi connectivity index (χ4v) is 4.38. The molecular weight excluding hydrogens is 419 g/mol. The van der Waals surface area contributed by atoms with Crippen LogP contribution in [0.15, 0.2) is 53.4 Å². The van der Waals surface area contributed by atoms with Gasteiger partial charge in [-0.3, -0.25) is 14.2 Å². The van der Waals surface area contributed by atoms with E-state index >= 15 is 0 Å². The topological polar surface area (TPSA) is 93.1 Å². The standard InChI is InChI=1S/C22H25FN4O3S/c1-14(13-19-15(2)25-27(4)16(19)3)24-22(28)17-9-11-18(12-10-17)31(29,30)26-21-8-6-5-7-20(21)23/h5-12,14,26H,13H2,1-4H3,(H,24,28). The average molecular weight is 445 g/mol. The number of amides is 1. The monoisotopic (exact) mass is 444 g/mol. The Kier molecular flexibility index (Phi) is 6.45. The molecule has 2 N–H and O–H groups in total. The van der Waals surface area contributed by atoms with Crippen molar-refractivity contribution >= 4 is 21.6 Å². The van der Waals surface area contributed by atoms with Crippen LogP contribution < -0.4 is 10.0 Å². The molecule has 3 aromatic rings. The minimum atomic E-state index is -3.98. The smallest absolute Gasteiger partial charge is 0.261 e. The van der Waals surface area contributed by atoms with Crippen LogP contribution in [0.2, 0.25) is 0 Å². The van der Waals surface area contributed by atoms with E-state index in [0.29, 0.717) is 12.0 Å². The highest BCUT2D eigenvalue weighted by Crippen LogP contribution is 2.19. The summed E-state index contributed by atoms with van der Waals surface area (Å²) in [6, 6.07) is 10.9. The van der Waals surface area contributed by atoms with Gasteiger partial charge in [-0.1, -0.05) is 12.1 Å². The number of carbonyl (C=O) groups excluding carboxylic acids is 1. The molecule has 0 aliphatic heterocycles. The van der Waals surface area contributed by atoms with E-state index in [9.17, 15) is 17.6 Å². The molecule has 0 bridgehead atoms. The minimum Gasteiger partial charge on any atom is -0.349 e. The Morgan fingerprint density at radius 1 is 1.13 bits per heavy atom. The third-order valence-corrected chi connectivity index (χ3v) is 6.47. The molecule has 3 rings (SSSR count). The molecule has 0 fully saturated rings. The second kappa shape index (κ2) is 8.89. The number of aryl methyl sites for hydroxylation is 2. The van der Waals surface area contributed by atoms with E-state index in [0.717, 1.165) is 17.0 Å². The van der Waals surface area contributed by atoms with Gasteiger partial charge in [0.05, 0.1) is 16.3 Å². The number of carbonyl (C=O) groups is 1. The molecule has 0 spiro atoms. The lowest BCUT2D eigenvalue weighted by atomic mass is 10.0. The molecule has 0 saturated heterocycles. The molecule has 7 nitrogen and oxygen atoms in total. The zero-order valence-electron chi connectivity index (χ0n) is 17.8. The number of hydrogen-bond acceptors (Lipinski definition) is 4. The molecular formula is C22H25FN4O3S. The summed E-state index contributed by atoms with van der Waals surface area (Å²) in [7, 11) is -2.10. The Morgan fingerprint density at radius 2 is 1.77 bits per heavy atom. The van der Waals surface area contributed by atoms with Crippen molar-refractivity contribution in [3.63, 3.8) is 0 Å². The summed E-state index contributed by atoms with van der Waals surface area (Å²) < 4.78 is 42.8. The van der Waals surface area contributed by atoms with Gasteiger partial charge < -0.3 is 5.32 Å². The molecule has 0 aliphatic rings. The average Bonchev–Trinajstić information content (AvgIpc) is 2.95. The number of hydrogen-bond donors (Lipinski definition) is 2. The van der Waals surface area contributed by atoms with Crippen molar-refractivity contribution < 1.29 is 17.6 Å². The summed E-state index contributed by atoms with van der Waals surface area (Å²) >= 11 is 0. The number of anilines is 1. The van der Waals surface area contributed by atoms with E-state index in [1.165, 1.54) is 48.5 Å². The maximum atomic E-state index is 13.7. The van der Waals surface area contributed by atoms with Gasteiger partial charge in [-0.05, 0) is 69.2 Å². The van der Waals surface area contributed by atoms with Gasteiger partial charge in [-0.2, -0.15) is 5.10 Å². The third kappa shape index (κ3) is 5.11. The number of sulfonamides is 1. The van der Waals surface area contributed by atoms with Crippen LogP contribution in [0.5, 0.6) is 0 Å². The van der Waals surface area contributed by atoms with Gasteiger partial charge in [0.15, 0.2) is 0 Å². The third-order valence-electron chi connectivity index (χ3n) is 5.09. The Hall–Kier alpha value is -3.20. The van der Waals surface area contributed by atoms with Crippen LogP contribution in [0.4, 0.5) is 10.1 Å². The quantitative estimate of drug-likeness (QED) is 0.585. The number of halogens is 1. The molecule has 2 aromatic carbocycles. The van der Waals surface area contributed by atoms with Gasteiger partial charge in [0.2, 0.25) is 0 Å². The lowest BCUT2D eigenvalue weighted by Crippen LogP contribution is -2.34. The van der Waals surface area contributed by atoms with Gasteiger partial charge in [0, 0.05) is 24.3 Å². The zero-order chi connectivity index (χ0) is 22.8. The molecule has 1 atom stereocenters. The van der Waals surface area contributed by atoms with E-state index in [1.807, 2.05) is 32.5 Å². The van der Waals surface area contributed by atoms with Gasteiger partial charge in [0.25, 0.3) is 15.9 Å². The predicted molar refractivity (Wildman–Crippen MR) is 117 cm³/mol. The molecule has 1 heterocycles. The van der Waals surface area contributed by atoms with Crippen molar-refractivity contribution in [3.8, 4) is 0 Å². The van der Waals surface area contributed by atoms with Gasteiger partial charge in [0.1, 0.15) is 5.82 Å². The molecule has 0 saturated carbocycles. The first kappa shape index (κ1) is 22.5. The van der Waals surface area contributed by atoms with Crippen molar-refractivity contribution in [1.82, 2.24) is 15.1 Å². The maximum Gasteiger partial charge on any atom is 0.261 e. The Morgan fingerprint density at radius 3 is 2.35 bits per heavy atom. The summed E-state index contributed by atoms with van der Waals surface area (Å²) in [4.78, 5) is 12.5. The minimum absolute atomic E-state index is 0.0676. The van der Waals surface area contributed by atoms with Crippen LogP contribution in [0.3, 0.4) is 0 Å². The summed E-state index contributed by atoms with van der Waals surface area (Å²) in [5, 5.41) is 7.31. The number of rotatable bonds is 7. The second-order valence-electron chi connectivity index (χ2n) is 7.46. The first-order chi connectivity index (χ1) is 14.6. The molecule has 0 radical (unpaired) electrons. The van der Waals surface area contributed by atoms with Crippen LogP contribution in [0.25, 0.3) is 0 Å². The fraction of sp³-hybridized carbons (Fsp3) is 0.273. The van der Waals surface area contributed by atoms with Crippen molar-refractivity contribution in [2.75, 3.05) is 4.72 Å². The van der Waals surface area contributed by atoms with Crippen LogP contribution in [0.1, 0.15) is 34.2 Å². The Labute approximate surface area is 181 Å². The SMILES string of the molecule is Cc1nn(C)c(C)c1CC(C)NC(=O)c1ccc(S(=O)(=O)Nc2ccccc2F)cc1. The highest BCUT2D eigenvalue weighted by molar-refractivity contribution is 7.92. The Balaban J connectivity index is 1.67. The first-order valence-electron chi connectivity index (χ1n) is 9.76. The first-order valence-corrected chi connectivity index (χ1v) is 11.2. The molecule has 9 heteroatoms. The van der Waals surface area contributed by atoms with Gasteiger partial charge in [-0.25, -0.2) is 12.8 Å². The second-order valence-corrected chi connectivity index (χ2v) is 9.14. The van der Waals surface area contributed by atoms with Crippen molar-refractivity contribution in [2.24, 2.45) is 7.05 Å². The number of benzene rings is 2. The Bertz CT molecular complexity index is 1200. The number of aromatic nitrogens is 2. The van der Waals surface area contributed by atoms with Crippen LogP contribution in [0, 0.1) is 19.7 Å². The molecule has 1 amide bonds.